The average molecular weight is 282 g/mol. The third kappa shape index (κ3) is 3.22. The second-order valence-electron chi connectivity index (χ2n) is 4.06. The SMILES string of the molecule is COc1ncccc1C(O)Cc1cc(F)ccc1Cl. The quantitative estimate of drug-likeness (QED) is 0.936. The summed E-state index contributed by atoms with van der Waals surface area (Å²) in [6.07, 6.45) is 0.908. The molecule has 100 valence electrons. The molecule has 0 radical (unpaired) electrons. The second kappa shape index (κ2) is 5.99. The van der Waals surface area contributed by atoms with Crippen molar-refractivity contribution in [3.8, 4) is 5.88 Å². The highest BCUT2D eigenvalue weighted by molar-refractivity contribution is 6.31. The lowest BCUT2D eigenvalue weighted by Crippen LogP contribution is -2.05. The first-order chi connectivity index (χ1) is 9.11. The maximum Gasteiger partial charge on any atom is 0.218 e. The van der Waals surface area contributed by atoms with E-state index in [1.807, 2.05) is 0 Å². The molecule has 0 aliphatic rings. The molecule has 5 heteroatoms. The van der Waals surface area contributed by atoms with Crippen LogP contribution in [0.2, 0.25) is 5.02 Å². The number of aliphatic hydroxyl groups is 1. The second-order valence-corrected chi connectivity index (χ2v) is 4.46. The molecule has 1 aromatic heterocycles. The van der Waals surface area contributed by atoms with Gasteiger partial charge < -0.3 is 9.84 Å². The number of hydrogen-bond acceptors (Lipinski definition) is 3. The largest absolute Gasteiger partial charge is 0.481 e. The van der Waals surface area contributed by atoms with E-state index >= 15 is 0 Å². The molecule has 0 fully saturated rings. The maximum absolute atomic E-state index is 13.2. The Morgan fingerprint density at radius 2 is 2.21 bits per heavy atom. The van der Waals surface area contributed by atoms with Crippen molar-refractivity contribution in [2.75, 3.05) is 7.11 Å². The zero-order chi connectivity index (χ0) is 13.8. The molecule has 0 aliphatic heterocycles. The van der Waals surface area contributed by atoms with Gasteiger partial charge in [-0.05, 0) is 35.9 Å². The molecule has 1 heterocycles. The van der Waals surface area contributed by atoms with Gasteiger partial charge in [-0.1, -0.05) is 11.6 Å². The van der Waals surface area contributed by atoms with E-state index in [0.717, 1.165) is 0 Å². The highest BCUT2D eigenvalue weighted by atomic mass is 35.5. The van der Waals surface area contributed by atoms with Crippen molar-refractivity contribution >= 4 is 11.6 Å². The van der Waals surface area contributed by atoms with E-state index in [2.05, 4.69) is 4.98 Å². The number of benzene rings is 1. The number of hydrogen-bond donors (Lipinski definition) is 1. The van der Waals surface area contributed by atoms with Crippen LogP contribution in [0.15, 0.2) is 36.5 Å². The number of aromatic nitrogens is 1. The Balaban J connectivity index is 2.25. The molecule has 0 aliphatic carbocycles. The van der Waals surface area contributed by atoms with Crippen LogP contribution in [0.1, 0.15) is 17.2 Å². The van der Waals surface area contributed by atoms with E-state index in [1.165, 1.54) is 25.3 Å². The number of nitrogens with zero attached hydrogens (tertiary/aromatic N) is 1. The highest BCUT2D eigenvalue weighted by Crippen LogP contribution is 2.28. The Hall–Kier alpha value is -1.65. The normalized spacial score (nSPS) is 12.2. The van der Waals surface area contributed by atoms with Crippen LogP contribution in [-0.2, 0) is 6.42 Å². The molecule has 0 saturated carbocycles. The highest BCUT2D eigenvalue weighted by Gasteiger charge is 2.16. The van der Waals surface area contributed by atoms with Gasteiger partial charge in [0, 0.05) is 23.2 Å². The van der Waals surface area contributed by atoms with Crippen molar-refractivity contribution in [1.29, 1.82) is 0 Å². The molecular weight excluding hydrogens is 269 g/mol. The summed E-state index contributed by atoms with van der Waals surface area (Å²) in [5, 5.41) is 10.6. The fraction of sp³-hybridized carbons (Fsp3) is 0.214. The molecule has 1 atom stereocenters. The monoisotopic (exact) mass is 281 g/mol. The zero-order valence-electron chi connectivity index (χ0n) is 10.3. The van der Waals surface area contributed by atoms with Crippen LogP contribution in [-0.4, -0.2) is 17.2 Å². The van der Waals surface area contributed by atoms with E-state index in [9.17, 15) is 9.50 Å². The van der Waals surface area contributed by atoms with E-state index in [1.54, 1.807) is 18.3 Å². The first-order valence-electron chi connectivity index (χ1n) is 5.72. The Labute approximate surface area is 115 Å². The van der Waals surface area contributed by atoms with Gasteiger partial charge in [0.25, 0.3) is 0 Å². The van der Waals surface area contributed by atoms with Gasteiger partial charge in [0.15, 0.2) is 0 Å². The molecule has 0 amide bonds. The summed E-state index contributed by atoms with van der Waals surface area (Å²) in [6, 6.07) is 7.48. The van der Waals surface area contributed by atoms with Gasteiger partial charge in [0.2, 0.25) is 5.88 Å². The van der Waals surface area contributed by atoms with E-state index < -0.39 is 6.10 Å². The number of aliphatic hydroxyl groups excluding tert-OH is 1. The predicted octanol–water partition coefficient (Wildman–Crippen LogP) is 3.16. The van der Waals surface area contributed by atoms with Crippen LogP contribution >= 0.6 is 11.6 Å². The molecule has 0 saturated heterocycles. The van der Waals surface area contributed by atoms with E-state index in [4.69, 9.17) is 16.3 Å². The third-order valence-electron chi connectivity index (χ3n) is 2.77. The minimum atomic E-state index is -0.858. The average Bonchev–Trinajstić information content (AvgIpc) is 2.42. The van der Waals surface area contributed by atoms with Gasteiger partial charge in [-0.2, -0.15) is 0 Å². The van der Waals surface area contributed by atoms with E-state index in [-0.39, 0.29) is 12.2 Å². The molecule has 2 rings (SSSR count). The van der Waals surface area contributed by atoms with Crippen molar-refractivity contribution in [2.45, 2.75) is 12.5 Å². The fourth-order valence-electron chi connectivity index (χ4n) is 1.85. The third-order valence-corrected chi connectivity index (χ3v) is 3.14. The fourth-order valence-corrected chi connectivity index (χ4v) is 2.04. The lowest BCUT2D eigenvalue weighted by molar-refractivity contribution is 0.173. The topological polar surface area (TPSA) is 42.4 Å². The standard InChI is InChI=1S/C14H13ClFNO2/c1-19-14-11(3-2-6-17-14)13(18)8-9-7-10(16)4-5-12(9)15/h2-7,13,18H,8H2,1H3. The number of pyridine rings is 1. The number of methoxy groups -OCH3 is 1. The summed E-state index contributed by atoms with van der Waals surface area (Å²) in [4.78, 5) is 4.01. The van der Waals surface area contributed by atoms with Crippen LogP contribution in [0.25, 0.3) is 0 Å². The van der Waals surface area contributed by atoms with Gasteiger partial charge in [-0.25, -0.2) is 9.37 Å². The van der Waals surface area contributed by atoms with Gasteiger partial charge >= 0.3 is 0 Å². The maximum atomic E-state index is 13.2. The summed E-state index contributed by atoms with van der Waals surface area (Å²) in [5.74, 6) is -0.0349. The van der Waals surface area contributed by atoms with Gasteiger partial charge in [-0.3, -0.25) is 0 Å². The molecule has 0 bridgehead atoms. The molecule has 19 heavy (non-hydrogen) atoms. The Kier molecular flexibility index (Phi) is 4.35. The van der Waals surface area contributed by atoms with Crippen LogP contribution in [0.3, 0.4) is 0 Å². The lowest BCUT2D eigenvalue weighted by Gasteiger charge is -2.14. The van der Waals surface area contributed by atoms with E-state index in [0.29, 0.717) is 22.0 Å². The van der Waals surface area contributed by atoms with Crippen LogP contribution in [0, 0.1) is 5.82 Å². The minimum Gasteiger partial charge on any atom is -0.481 e. The van der Waals surface area contributed by atoms with Gasteiger partial charge in [0.1, 0.15) is 5.82 Å². The molecule has 1 aromatic carbocycles. The number of ether oxygens (including phenoxy) is 1. The smallest absolute Gasteiger partial charge is 0.218 e. The van der Waals surface area contributed by atoms with Crippen LogP contribution in [0.5, 0.6) is 5.88 Å². The lowest BCUT2D eigenvalue weighted by atomic mass is 10.0. The molecule has 2 aromatic rings. The van der Waals surface area contributed by atoms with Gasteiger partial charge in [0.05, 0.1) is 13.2 Å². The Morgan fingerprint density at radius 1 is 1.42 bits per heavy atom. The molecule has 1 N–H and O–H groups in total. The number of rotatable bonds is 4. The van der Waals surface area contributed by atoms with Crippen LogP contribution < -0.4 is 4.74 Å². The summed E-state index contributed by atoms with van der Waals surface area (Å²) in [6.45, 7) is 0. The predicted molar refractivity (Wildman–Crippen MR) is 70.9 cm³/mol. The van der Waals surface area contributed by atoms with Crippen molar-refractivity contribution in [3.05, 3.63) is 58.5 Å². The van der Waals surface area contributed by atoms with Gasteiger partial charge in [-0.15, -0.1) is 0 Å². The van der Waals surface area contributed by atoms with Crippen molar-refractivity contribution < 1.29 is 14.2 Å². The first-order valence-corrected chi connectivity index (χ1v) is 6.10. The molecule has 0 spiro atoms. The Morgan fingerprint density at radius 3 is 2.95 bits per heavy atom. The molecule has 1 unspecified atom stereocenters. The van der Waals surface area contributed by atoms with Crippen LogP contribution in [0.4, 0.5) is 4.39 Å². The summed E-state index contributed by atoms with van der Waals surface area (Å²) < 4.78 is 18.2. The number of halogens is 2. The Bertz CT molecular complexity index is 577. The summed E-state index contributed by atoms with van der Waals surface area (Å²) in [7, 11) is 1.48. The zero-order valence-corrected chi connectivity index (χ0v) is 11.1. The van der Waals surface area contributed by atoms with Crippen molar-refractivity contribution in [1.82, 2.24) is 4.98 Å². The molecule has 3 nitrogen and oxygen atoms in total. The van der Waals surface area contributed by atoms with Crippen molar-refractivity contribution in [3.63, 3.8) is 0 Å². The first kappa shape index (κ1) is 13.8. The summed E-state index contributed by atoms with van der Waals surface area (Å²) >= 11 is 5.98. The van der Waals surface area contributed by atoms with Crippen molar-refractivity contribution in [2.24, 2.45) is 0 Å². The minimum absolute atomic E-state index is 0.193. The summed E-state index contributed by atoms with van der Waals surface area (Å²) in [5.41, 5.74) is 1.09. The molecular formula is C14H13ClFNO2.